The van der Waals surface area contributed by atoms with Crippen molar-refractivity contribution in [3.63, 3.8) is 0 Å². The van der Waals surface area contributed by atoms with Crippen molar-refractivity contribution >= 4 is 0 Å². The summed E-state index contributed by atoms with van der Waals surface area (Å²) in [5.74, 6) is 1.88. The van der Waals surface area contributed by atoms with Gasteiger partial charge in [-0.15, -0.1) is 0 Å². The molecule has 1 aliphatic rings. The second-order valence-electron chi connectivity index (χ2n) is 7.12. The molecule has 5 heteroatoms. The Hall–Kier alpha value is -2.40. The molecule has 1 aromatic carbocycles. The Kier molecular flexibility index (Phi) is 5.16. The second kappa shape index (κ2) is 7.87. The van der Waals surface area contributed by atoms with Gasteiger partial charge in [-0.25, -0.2) is 9.97 Å². The molecule has 1 aliphatic heterocycles. The van der Waals surface area contributed by atoms with Crippen molar-refractivity contribution in [2.45, 2.75) is 44.7 Å². The fraction of sp³-hybridized carbons (Fsp3) is 0.429. The highest BCUT2D eigenvalue weighted by molar-refractivity contribution is 5.52. The molecule has 1 saturated heterocycles. The van der Waals surface area contributed by atoms with Gasteiger partial charge in [-0.2, -0.15) is 0 Å². The standard InChI is InChI=1S/C21H26N4O/c1-24-14-12-22-20(24)11-10-19-9-5-6-13-25(19)15-18-16-26-21(23-18)17-7-3-2-4-8-17/h2-4,7-8,12,14,16,19H,5-6,9-11,13,15H2,1H3/t19-/m1/s1. The fourth-order valence-corrected chi connectivity index (χ4v) is 3.83. The van der Waals surface area contributed by atoms with Crippen molar-refractivity contribution in [2.24, 2.45) is 7.05 Å². The lowest BCUT2D eigenvalue weighted by atomic mass is 9.97. The highest BCUT2D eigenvalue weighted by atomic mass is 16.3. The first-order valence-corrected chi connectivity index (χ1v) is 9.49. The predicted octanol–water partition coefficient (Wildman–Crippen LogP) is 4.06. The van der Waals surface area contributed by atoms with Crippen molar-refractivity contribution in [3.05, 3.63) is 60.5 Å². The summed E-state index contributed by atoms with van der Waals surface area (Å²) < 4.78 is 7.83. The molecule has 0 saturated carbocycles. The van der Waals surface area contributed by atoms with Gasteiger partial charge in [0.25, 0.3) is 0 Å². The summed E-state index contributed by atoms with van der Waals surface area (Å²) in [4.78, 5) is 11.7. The molecule has 1 fully saturated rings. The molecule has 3 aromatic rings. The van der Waals surface area contributed by atoms with E-state index in [1.165, 1.54) is 25.1 Å². The number of benzene rings is 1. The van der Waals surface area contributed by atoms with Crippen LogP contribution in [0, 0.1) is 0 Å². The molecule has 136 valence electrons. The average Bonchev–Trinajstić information content (AvgIpc) is 3.31. The Morgan fingerprint density at radius 1 is 1.19 bits per heavy atom. The van der Waals surface area contributed by atoms with E-state index in [0.29, 0.717) is 11.9 Å². The van der Waals surface area contributed by atoms with Crippen molar-refractivity contribution in [1.29, 1.82) is 0 Å². The van der Waals surface area contributed by atoms with E-state index < -0.39 is 0 Å². The van der Waals surface area contributed by atoms with Gasteiger partial charge in [0.1, 0.15) is 12.1 Å². The van der Waals surface area contributed by atoms with Crippen LogP contribution in [0.1, 0.15) is 37.2 Å². The number of piperidine rings is 1. The van der Waals surface area contributed by atoms with E-state index in [1.807, 2.05) is 49.0 Å². The maximum Gasteiger partial charge on any atom is 0.226 e. The van der Waals surface area contributed by atoms with Gasteiger partial charge in [-0.05, 0) is 37.9 Å². The first-order valence-electron chi connectivity index (χ1n) is 9.49. The van der Waals surface area contributed by atoms with E-state index in [-0.39, 0.29) is 0 Å². The Balaban J connectivity index is 1.40. The Bertz CT molecular complexity index is 823. The van der Waals surface area contributed by atoms with Crippen molar-refractivity contribution in [3.8, 4) is 11.5 Å². The third-order valence-electron chi connectivity index (χ3n) is 5.31. The zero-order valence-electron chi connectivity index (χ0n) is 15.3. The summed E-state index contributed by atoms with van der Waals surface area (Å²) in [6.45, 7) is 2.00. The molecule has 2 aromatic heterocycles. The number of nitrogens with zero attached hydrogens (tertiary/aromatic N) is 4. The van der Waals surface area contributed by atoms with Gasteiger partial charge in [0, 0.05) is 44.0 Å². The van der Waals surface area contributed by atoms with Gasteiger partial charge < -0.3 is 8.98 Å². The Labute approximate surface area is 154 Å². The van der Waals surface area contributed by atoms with Gasteiger partial charge >= 0.3 is 0 Å². The van der Waals surface area contributed by atoms with E-state index in [2.05, 4.69) is 21.5 Å². The highest BCUT2D eigenvalue weighted by Gasteiger charge is 2.23. The zero-order chi connectivity index (χ0) is 17.8. The molecule has 0 radical (unpaired) electrons. The normalized spacial score (nSPS) is 18.3. The molecular weight excluding hydrogens is 324 g/mol. The molecular formula is C21H26N4O. The minimum atomic E-state index is 0.595. The number of rotatable bonds is 6. The third kappa shape index (κ3) is 3.88. The molecule has 0 unspecified atom stereocenters. The number of oxazole rings is 1. The average molecular weight is 350 g/mol. The van der Waals surface area contributed by atoms with E-state index in [0.717, 1.165) is 37.2 Å². The van der Waals surface area contributed by atoms with Gasteiger partial charge in [-0.1, -0.05) is 24.6 Å². The van der Waals surface area contributed by atoms with Gasteiger partial charge in [-0.3, -0.25) is 4.90 Å². The Morgan fingerprint density at radius 3 is 2.88 bits per heavy atom. The fourth-order valence-electron chi connectivity index (χ4n) is 3.83. The van der Waals surface area contributed by atoms with Crippen molar-refractivity contribution in [1.82, 2.24) is 19.4 Å². The lowest BCUT2D eigenvalue weighted by molar-refractivity contribution is 0.130. The molecule has 3 heterocycles. The largest absolute Gasteiger partial charge is 0.444 e. The molecule has 0 N–H and O–H groups in total. The van der Waals surface area contributed by atoms with Crippen LogP contribution in [-0.2, 0) is 20.0 Å². The predicted molar refractivity (Wildman–Crippen MR) is 102 cm³/mol. The number of imidazole rings is 1. The first-order chi connectivity index (χ1) is 12.8. The van der Waals surface area contributed by atoms with Gasteiger partial charge in [0.2, 0.25) is 5.89 Å². The molecule has 26 heavy (non-hydrogen) atoms. The second-order valence-corrected chi connectivity index (χ2v) is 7.12. The lowest BCUT2D eigenvalue weighted by Gasteiger charge is -2.35. The van der Waals surface area contributed by atoms with Gasteiger partial charge in [0.15, 0.2) is 0 Å². The molecule has 5 nitrogen and oxygen atoms in total. The zero-order valence-corrected chi connectivity index (χ0v) is 15.3. The summed E-state index contributed by atoms with van der Waals surface area (Å²) in [6.07, 6.45) is 11.7. The number of aryl methyl sites for hydroxylation is 2. The van der Waals surface area contributed by atoms with Crippen LogP contribution >= 0.6 is 0 Å². The molecule has 4 rings (SSSR count). The summed E-state index contributed by atoms with van der Waals surface area (Å²) in [5.41, 5.74) is 2.05. The molecule has 0 spiro atoms. The van der Waals surface area contributed by atoms with Gasteiger partial charge in [0.05, 0.1) is 5.69 Å². The number of aromatic nitrogens is 3. The summed E-state index contributed by atoms with van der Waals surface area (Å²) in [5, 5.41) is 0. The van der Waals surface area contributed by atoms with E-state index in [4.69, 9.17) is 9.40 Å². The van der Waals surface area contributed by atoms with Crippen molar-refractivity contribution < 1.29 is 4.42 Å². The number of hydrogen-bond acceptors (Lipinski definition) is 4. The number of hydrogen-bond donors (Lipinski definition) is 0. The molecule has 0 amide bonds. The molecule has 0 bridgehead atoms. The maximum absolute atomic E-state index is 5.71. The lowest BCUT2D eigenvalue weighted by Crippen LogP contribution is -2.39. The summed E-state index contributed by atoms with van der Waals surface area (Å²) >= 11 is 0. The Morgan fingerprint density at radius 2 is 2.08 bits per heavy atom. The minimum absolute atomic E-state index is 0.595. The van der Waals surface area contributed by atoms with Crippen LogP contribution in [0.4, 0.5) is 0 Å². The van der Waals surface area contributed by atoms with Crippen LogP contribution < -0.4 is 0 Å². The SMILES string of the molecule is Cn1ccnc1CC[C@H]1CCCCN1Cc1coc(-c2ccccc2)n1. The van der Waals surface area contributed by atoms with E-state index in [1.54, 1.807) is 0 Å². The summed E-state index contributed by atoms with van der Waals surface area (Å²) in [7, 11) is 2.07. The van der Waals surface area contributed by atoms with Crippen molar-refractivity contribution in [2.75, 3.05) is 6.54 Å². The monoisotopic (exact) mass is 350 g/mol. The van der Waals surface area contributed by atoms with Crippen LogP contribution in [0.15, 0.2) is 53.4 Å². The van der Waals surface area contributed by atoms with Crippen LogP contribution in [0.5, 0.6) is 0 Å². The highest BCUT2D eigenvalue weighted by Crippen LogP contribution is 2.24. The maximum atomic E-state index is 5.71. The van der Waals surface area contributed by atoms with Crippen LogP contribution in [-0.4, -0.2) is 32.0 Å². The van der Waals surface area contributed by atoms with E-state index >= 15 is 0 Å². The minimum Gasteiger partial charge on any atom is -0.444 e. The van der Waals surface area contributed by atoms with E-state index in [9.17, 15) is 0 Å². The molecule has 0 aliphatic carbocycles. The van der Waals surface area contributed by atoms with Crippen LogP contribution in [0.3, 0.4) is 0 Å². The molecule has 1 atom stereocenters. The summed E-state index contributed by atoms with van der Waals surface area (Å²) in [6, 6.07) is 10.7. The van der Waals surface area contributed by atoms with Crippen LogP contribution in [0.25, 0.3) is 11.5 Å². The van der Waals surface area contributed by atoms with Crippen LogP contribution in [0.2, 0.25) is 0 Å². The number of likely N-dealkylation sites (tertiary alicyclic amines) is 1. The smallest absolute Gasteiger partial charge is 0.226 e. The topological polar surface area (TPSA) is 47.1 Å². The quantitative estimate of drug-likeness (QED) is 0.672. The third-order valence-corrected chi connectivity index (χ3v) is 5.31. The first kappa shape index (κ1) is 17.0.